The normalized spacial score (nSPS) is 12.1. The molecule has 1 atom stereocenters. The minimum Gasteiger partial charge on any atom is -0.480 e. The standard InChI is InChI=1S/C13H25NO4/c1-2-3-4-5-6-7-8-9-12(16)14-11(10-15)13(17)18/h11,15H,2-10H2,1H3,(H,14,16)(H,17,18)/t11-/m0/s1. The second kappa shape index (κ2) is 11.0. The van der Waals surface area contributed by atoms with Crippen molar-refractivity contribution in [2.45, 2.75) is 64.3 Å². The molecular weight excluding hydrogens is 234 g/mol. The summed E-state index contributed by atoms with van der Waals surface area (Å²) in [6, 6.07) is -1.18. The van der Waals surface area contributed by atoms with E-state index in [9.17, 15) is 9.59 Å². The minimum absolute atomic E-state index is 0.301. The number of aliphatic hydroxyl groups excluding tert-OH is 1. The summed E-state index contributed by atoms with van der Waals surface area (Å²) in [6.45, 7) is 1.60. The Morgan fingerprint density at radius 3 is 2.11 bits per heavy atom. The molecule has 106 valence electrons. The van der Waals surface area contributed by atoms with Crippen LogP contribution in [-0.4, -0.2) is 34.7 Å². The Kier molecular flexibility index (Phi) is 10.3. The SMILES string of the molecule is CCCCCCCCCC(=O)N[C@@H](CO)C(=O)O. The lowest BCUT2D eigenvalue weighted by atomic mass is 10.1. The van der Waals surface area contributed by atoms with E-state index in [2.05, 4.69) is 12.2 Å². The largest absolute Gasteiger partial charge is 0.480 e. The van der Waals surface area contributed by atoms with Crippen molar-refractivity contribution in [2.75, 3.05) is 6.61 Å². The summed E-state index contributed by atoms with van der Waals surface area (Å²) >= 11 is 0. The molecule has 5 nitrogen and oxygen atoms in total. The van der Waals surface area contributed by atoms with Crippen LogP contribution in [-0.2, 0) is 9.59 Å². The Labute approximate surface area is 109 Å². The van der Waals surface area contributed by atoms with Crippen molar-refractivity contribution in [3.8, 4) is 0 Å². The predicted molar refractivity (Wildman–Crippen MR) is 69.3 cm³/mol. The molecule has 5 heteroatoms. The number of amides is 1. The van der Waals surface area contributed by atoms with Crippen molar-refractivity contribution in [1.29, 1.82) is 0 Å². The first kappa shape index (κ1) is 16.9. The Morgan fingerprint density at radius 2 is 1.61 bits per heavy atom. The van der Waals surface area contributed by atoms with Gasteiger partial charge < -0.3 is 15.5 Å². The van der Waals surface area contributed by atoms with E-state index in [4.69, 9.17) is 10.2 Å². The number of rotatable bonds is 11. The maximum atomic E-state index is 11.4. The van der Waals surface area contributed by atoms with Crippen LogP contribution in [0, 0.1) is 0 Å². The van der Waals surface area contributed by atoms with Crippen molar-refractivity contribution in [3.05, 3.63) is 0 Å². The summed E-state index contributed by atoms with van der Waals surface area (Å²) in [5, 5.41) is 19.7. The number of unbranched alkanes of at least 4 members (excludes halogenated alkanes) is 6. The maximum Gasteiger partial charge on any atom is 0.328 e. The second-order valence-electron chi connectivity index (χ2n) is 4.51. The molecule has 0 unspecified atom stereocenters. The van der Waals surface area contributed by atoms with Crippen LogP contribution in [0.2, 0.25) is 0 Å². The van der Waals surface area contributed by atoms with E-state index in [0.29, 0.717) is 6.42 Å². The van der Waals surface area contributed by atoms with E-state index in [0.717, 1.165) is 19.3 Å². The van der Waals surface area contributed by atoms with Gasteiger partial charge in [0.1, 0.15) is 6.04 Å². The van der Waals surface area contributed by atoms with E-state index in [1.807, 2.05) is 0 Å². The summed E-state index contributed by atoms with van der Waals surface area (Å²) in [5.41, 5.74) is 0. The smallest absolute Gasteiger partial charge is 0.328 e. The zero-order valence-corrected chi connectivity index (χ0v) is 11.2. The highest BCUT2D eigenvalue weighted by Gasteiger charge is 2.17. The highest BCUT2D eigenvalue weighted by Crippen LogP contribution is 2.08. The highest BCUT2D eigenvalue weighted by atomic mass is 16.4. The molecule has 0 saturated heterocycles. The molecule has 0 rings (SSSR count). The number of carboxylic acid groups (broad SMARTS) is 1. The van der Waals surface area contributed by atoms with Gasteiger partial charge >= 0.3 is 5.97 Å². The van der Waals surface area contributed by atoms with Crippen LogP contribution in [0.25, 0.3) is 0 Å². The molecule has 0 aromatic rings. The van der Waals surface area contributed by atoms with Crippen molar-refractivity contribution in [2.24, 2.45) is 0 Å². The van der Waals surface area contributed by atoms with Crippen LogP contribution in [0.15, 0.2) is 0 Å². The highest BCUT2D eigenvalue weighted by molar-refractivity contribution is 5.83. The second-order valence-corrected chi connectivity index (χ2v) is 4.51. The number of aliphatic hydroxyl groups is 1. The molecule has 0 aliphatic rings. The summed E-state index contributed by atoms with van der Waals surface area (Å²) < 4.78 is 0. The van der Waals surface area contributed by atoms with E-state index in [1.165, 1.54) is 25.7 Å². The van der Waals surface area contributed by atoms with Crippen molar-refractivity contribution >= 4 is 11.9 Å². The average Bonchev–Trinajstić information content (AvgIpc) is 2.34. The minimum atomic E-state index is -1.20. The molecule has 0 heterocycles. The van der Waals surface area contributed by atoms with Crippen molar-refractivity contribution < 1.29 is 19.8 Å². The van der Waals surface area contributed by atoms with Gasteiger partial charge in [-0.15, -0.1) is 0 Å². The molecule has 0 aliphatic heterocycles. The molecule has 0 radical (unpaired) electrons. The maximum absolute atomic E-state index is 11.4. The van der Waals surface area contributed by atoms with Crippen LogP contribution in [0.5, 0.6) is 0 Å². The number of carbonyl (C=O) groups is 2. The van der Waals surface area contributed by atoms with Crippen LogP contribution >= 0.6 is 0 Å². The Bertz CT molecular complexity index is 243. The van der Waals surface area contributed by atoms with Crippen LogP contribution in [0.3, 0.4) is 0 Å². The van der Waals surface area contributed by atoms with Crippen LogP contribution < -0.4 is 5.32 Å². The molecule has 3 N–H and O–H groups in total. The zero-order valence-electron chi connectivity index (χ0n) is 11.2. The number of carbonyl (C=O) groups excluding carboxylic acids is 1. The Hall–Kier alpha value is -1.10. The van der Waals surface area contributed by atoms with Gasteiger partial charge in [-0.25, -0.2) is 4.79 Å². The predicted octanol–water partition coefficient (Wildman–Crippen LogP) is 1.69. The average molecular weight is 259 g/mol. The number of aliphatic carboxylic acids is 1. The summed E-state index contributed by atoms with van der Waals surface area (Å²) in [7, 11) is 0. The fraction of sp³-hybridized carbons (Fsp3) is 0.846. The molecule has 0 aliphatic carbocycles. The third kappa shape index (κ3) is 8.98. The van der Waals surface area contributed by atoms with E-state index in [1.54, 1.807) is 0 Å². The molecule has 0 fully saturated rings. The van der Waals surface area contributed by atoms with E-state index >= 15 is 0 Å². The monoisotopic (exact) mass is 259 g/mol. The summed E-state index contributed by atoms with van der Waals surface area (Å²) in [6.07, 6.45) is 8.15. The van der Waals surface area contributed by atoms with Gasteiger partial charge in [-0.1, -0.05) is 45.4 Å². The van der Waals surface area contributed by atoms with Gasteiger partial charge in [0.05, 0.1) is 6.61 Å². The fourth-order valence-electron chi connectivity index (χ4n) is 1.69. The van der Waals surface area contributed by atoms with Crippen LogP contribution in [0.1, 0.15) is 58.3 Å². The number of hydrogen-bond acceptors (Lipinski definition) is 3. The molecule has 0 aromatic heterocycles. The van der Waals surface area contributed by atoms with Gasteiger partial charge in [-0.3, -0.25) is 4.79 Å². The lowest BCUT2D eigenvalue weighted by molar-refractivity contribution is -0.142. The molecule has 0 spiro atoms. The van der Waals surface area contributed by atoms with Gasteiger partial charge in [-0.2, -0.15) is 0 Å². The number of nitrogens with one attached hydrogen (secondary N) is 1. The third-order valence-corrected chi connectivity index (χ3v) is 2.82. The summed E-state index contributed by atoms with van der Waals surface area (Å²) in [4.78, 5) is 21.9. The first-order valence-electron chi connectivity index (χ1n) is 6.74. The molecule has 1 amide bonds. The molecule has 0 saturated carbocycles. The molecular formula is C13H25NO4. The zero-order chi connectivity index (χ0) is 13.8. The third-order valence-electron chi connectivity index (χ3n) is 2.82. The lowest BCUT2D eigenvalue weighted by Crippen LogP contribution is -2.43. The molecule has 18 heavy (non-hydrogen) atoms. The van der Waals surface area contributed by atoms with Gasteiger partial charge in [0.15, 0.2) is 0 Å². The number of carboxylic acids is 1. The van der Waals surface area contributed by atoms with Gasteiger partial charge in [0.2, 0.25) is 5.91 Å². The van der Waals surface area contributed by atoms with Gasteiger partial charge in [-0.05, 0) is 6.42 Å². The van der Waals surface area contributed by atoms with Crippen molar-refractivity contribution in [3.63, 3.8) is 0 Å². The van der Waals surface area contributed by atoms with Crippen LogP contribution in [0.4, 0.5) is 0 Å². The topological polar surface area (TPSA) is 86.6 Å². The Balaban J connectivity index is 3.50. The number of hydrogen-bond donors (Lipinski definition) is 3. The van der Waals surface area contributed by atoms with E-state index < -0.39 is 18.6 Å². The molecule has 0 aromatic carbocycles. The fourth-order valence-corrected chi connectivity index (χ4v) is 1.69. The Morgan fingerprint density at radius 1 is 1.06 bits per heavy atom. The van der Waals surface area contributed by atoms with Gasteiger partial charge in [0, 0.05) is 6.42 Å². The van der Waals surface area contributed by atoms with Crippen molar-refractivity contribution in [1.82, 2.24) is 5.32 Å². The van der Waals surface area contributed by atoms with Gasteiger partial charge in [0.25, 0.3) is 0 Å². The molecule has 0 bridgehead atoms. The lowest BCUT2D eigenvalue weighted by Gasteiger charge is -2.11. The first-order chi connectivity index (χ1) is 8.61. The van der Waals surface area contributed by atoms with E-state index in [-0.39, 0.29) is 5.91 Å². The summed E-state index contributed by atoms with van der Waals surface area (Å²) in [5.74, 6) is -1.50. The first-order valence-corrected chi connectivity index (χ1v) is 6.74. The quantitative estimate of drug-likeness (QED) is 0.493.